The molecule has 0 aromatic carbocycles. The molecule has 1 N–H and O–H groups in total. The molecule has 1 aromatic rings. The van der Waals surface area contributed by atoms with Crippen molar-refractivity contribution in [3.05, 3.63) is 30.1 Å². The highest BCUT2D eigenvalue weighted by Gasteiger charge is 2.08. The zero-order valence-corrected chi connectivity index (χ0v) is 11.1. The first-order valence-electron chi connectivity index (χ1n) is 6.00. The van der Waals surface area contributed by atoms with Crippen molar-refractivity contribution in [2.75, 3.05) is 18.6 Å². The second-order valence-electron chi connectivity index (χ2n) is 3.93. The Hall–Kier alpha value is -0.540. The maximum Gasteiger partial charge on any atom is 0.0335 e. The summed E-state index contributed by atoms with van der Waals surface area (Å²) < 4.78 is 0. The van der Waals surface area contributed by atoms with Gasteiger partial charge in [-0.25, -0.2) is 0 Å². The molecule has 0 aliphatic carbocycles. The van der Waals surface area contributed by atoms with Crippen molar-refractivity contribution >= 4 is 11.8 Å². The molecule has 2 nitrogen and oxygen atoms in total. The molecule has 0 bridgehead atoms. The van der Waals surface area contributed by atoms with Crippen LogP contribution in [0.5, 0.6) is 0 Å². The number of rotatable bonds is 8. The third kappa shape index (κ3) is 4.99. The van der Waals surface area contributed by atoms with Gasteiger partial charge in [-0.15, -0.1) is 0 Å². The number of nitrogens with one attached hydrogen (secondary N) is 1. The lowest BCUT2D eigenvalue weighted by molar-refractivity contribution is 0.494. The van der Waals surface area contributed by atoms with Gasteiger partial charge in [-0.1, -0.05) is 19.4 Å². The van der Waals surface area contributed by atoms with E-state index < -0.39 is 0 Å². The molecular formula is C13H22N2S. The Balaban J connectivity index is 2.41. The van der Waals surface area contributed by atoms with Gasteiger partial charge in [0.25, 0.3) is 0 Å². The van der Waals surface area contributed by atoms with Crippen molar-refractivity contribution in [1.82, 2.24) is 10.3 Å². The number of thioether (sulfide) groups is 1. The summed E-state index contributed by atoms with van der Waals surface area (Å²) in [4.78, 5) is 4.19. The summed E-state index contributed by atoms with van der Waals surface area (Å²) in [5.41, 5.74) is 1.31. The van der Waals surface area contributed by atoms with Gasteiger partial charge in [0, 0.05) is 18.4 Å². The van der Waals surface area contributed by atoms with E-state index in [0.29, 0.717) is 6.04 Å². The van der Waals surface area contributed by atoms with E-state index in [1.165, 1.54) is 30.6 Å². The Bertz CT molecular complexity index is 264. The third-order valence-electron chi connectivity index (χ3n) is 2.58. The van der Waals surface area contributed by atoms with Crippen molar-refractivity contribution < 1.29 is 0 Å². The number of nitrogens with zero attached hydrogens (tertiary/aromatic N) is 1. The van der Waals surface area contributed by atoms with Crippen LogP contribution < -0.4 is 5.32 Å². The fourth-order valence-corrected chi connectivity index (χ4v) is 2.18. The molecule has 1 rings (SSSR count). The molecule has 0 radical (unpaired) electrons. The van der Waals surface area contributed by atoms with Crippen LogP contribution in [0.3, 0.4) is 0 Å². The second-order valence-corrected chi connectivity index (χ2v) is 4.91. The average Bonchev–Trinajstić information content (AvgIpc) is 2.34. The smallest absolute Gasteiger partial charge is 0.0335 e. The van der Waals surface area contributed by atoms with Crippen LogP contribution in [-0.4, -0.2) is 23.5 Å². The normalized spacial score (nSPS) is 12.6. The first-order valence-corrected chi connectivity index (χ1v) is 7.40. The molecule has 0 fully saturated rings. The van der Waals surface area contributed by atoms with Crippen molar-refractivity contribution in [2.45, 2.75) is 32.2 Å². The Morgan fingerprint density at radius 3 is 3.00 bits per heavy atom. The predicted molar refractivity (Wildman–Crippen MR) is 72.9 cm³/mol. The minimum atomic E-state index is 0.473. The average molecular weight is 238 g/mol. The standard InChI is InChI=1S/C13H22N2S/c1-3-6-13(15-9-5-10-16-2)12-7-4-8-14-11-12/h4,7-8,11,13,15H,3,5-6,9-10H2,1-2H3. The van der Waals surface area contributed by atoms with Crippen molar-refractivity contribution in [1.29, 1.82) is 0 Å². The van der Waals surface area contributed by atoms with Gasteiger partial charge in [0.1, 0.15) is 0 Å². The predicted octanol–water partition coefficient (Wildman–Crippen LogP) is 3.27. The molecule has 16 heavy (non-hydrogen) atoms. The Labute approximate surface area is 103 Å². The highest BCUT2D eigenvalue weighted by Crippen LogP contribution is 2.17. The first-order chi connectivity index (χ1) is 7.88. The summed E-state index contributed by atoms with van der Waals surface area (Å²) in [5, 5.41) is 3.62. The van der Waals surface area contributed by atoms with Gasteiger partial charge in [-0.2, -0.15) is 11.8 Å². The molecule has 0 saturated carbocycles. The Kier molecular flexibility index (Phi) is 7.26. The van der Waals surface area contributed by atoms with Gasteiger partial charge in [-0.3, -0.25) is 4.98 Å². The van der Waals surface area contributed by atoms with Gasteiger partial charge in [0.05, 0.1) is 0 Å². The van der Waals surface area contributed by atoms with Gasteiger partial charge >= 0.3 is 0 Å². The van der Waals surface area contributed by atoms with Crippen LogP contribution in [0, 0.1) is 0 Å². The van der Waals surface area contributed by atoms with Crippen LogP contribution in [0.1, 0.15) is 37.8 Å². The summed E-state index contributed by atoms with van der Waals surface area (Å²) in [6.07, 6.45) is 9.59. The summed E-state index contributed by atoms with van der Waals surface area (Å²) in [7, 11) is 0. The Morgan fingerprint density at radius 1 is 1.50 bits per heavy atom. The fourth-order valence-electron chi connectivity index (χ4n) is 1.75. The van der Waals surface area contributed by atoms with Crippen molar-refractivity contribution in [3.8, 4) is 0 Å². The minimum Gasteiger partial charge on any atom is -0.310 e. The van der Waals surface area contributed by atoms with Crippen LogP contribution in [0.25, 0.3) is 0 Å². The number of hydrogen-bond donors (Lipinski definition) is 1. The molecule has 3 heteroatoms. The zero-order valence-electron chi connectivity index (χ0n) is 10.3. The van der Waals surface area contributed by atoms with E-state index in [2.05, 4.69) is 29.5 Å². The first kappa shape index (κ1) is 13.5. The lowest BCUT2D eigenvalue weighted by atomic mass is 10.0. The Morgan fingerprint density at radius 2 is 2.38 bits per heavy atom. The van der Waals surface area contributed by atoms with Crippen molar-refractivity contribution in [2.24, 2.45) is 0 Å². The molecule has 90 valence electrons. The second kappa shape index (κ2) is 8.59. The topological polar surface area (TPSA) is 24.9 Å². The molecule has 1 aromatic heterocycles. The molecular weight excluding hydrogens is 216 g/mol. The summed E-state index contributed by atoms with van der Waals surface area (Å²) >= 11 is 1.91. The summed E-state index contributed by atoms with van der Waals surface area (Å²) in [5.74, 6) is 1.24. The van der Waals surface area contributed by atoms with E-state index in [4.69, 9.17) is 0 Å². The molecule has 0 saturated heterocycles. The van der Waals surface area contributed by atoms with Crippen LogP contribution in [-0.2, 0) is 0 Å². The van der Waals surface area contributed by atoms with Gasteiger partial charge in [0.15, 0.2) is 0 Å². The molecule has 0 spiro atoms. The van der Waals surface area contributed by atoms with Crippen LogP contribution in [0.15, 0.2) is 24.5 Å². The van der Waals surface area contributed by atoms with E-state index in [9.17, 15) is 0 Å². The van der Waals surface area contributed by atoms with E-state index in [1.807, 2.05) is 30.2 Å². The number of aromatic nitrogens is 1. The number of hydrogen-bond acceptors (Lipinski definition) is 3. The van der Waals surface area contributed by atoms with Crippen LogP contribution >= 0.6 is 11.8 Å². The fraction of sp³-hybridized carbons (Fsp3) is 0.615. The van der Waals surface area contributed by atoms with Crippen LogP contribution in [0.2, 0.25) is 0 Å². The monoisotopic (exact) mass is 238 g/mol. The minimum absolute atomic E-state index is 0.473. The molecule has 0 aliphatic heterocycles. The summed E-state index contributed by atoms with van der Waals surface area (Å²) in [6, 6.07) is 4.65. The lowest BCUT2D eigenvalue weighted by Crippen LogP contribution is -2.22. The largest absolute Gasteiger partial charge is 0.310 e. The van der Waals surface area contributed by atoms with Crippen molar-refractivity contribution in [3.63, 3.8) is 0 Å². The van der Waals surface area contributed by atoms with E-state index in [0.717, 1.165) is 6.54 Å². The molecule has 0 amide bonds. The molecule has 1 heterocycles. The molecule has 1 unspecified atom stereocenters. The zero-order chi connectivity index (χ0) is 11.6. The van der Waals surface area contributed by atoms with Gasteiger partial charge < -0.3 is 5.32 Å². The van der Waals surface area contributed by atoms with E-state index in [-0.39, 0.29) is 0 Å². The quantitative estimate of drug-likeness (QED) is 0.704. The van der Waals surface area contributed by atoms with E-state index in [1.54, 1.807) is 0 Å². The SMILES string of the molecule is CCCC(NCCCSC)c1cccnc1. The lowest BCUT2D eigenvalue weighted by Gasteiger charge is -2.18. The highest BCUT2D eigenvalue weighted by molar-refractivity contribution is 7.98. The van der Waals surface area contributed by atoms with Gasteiger partial charge in [0.2, 0.25) is 0 Å². The molecule has 1 atom stereocenters. The highest BCUT2D eigenvalue weighted by atomic mass is 32.2. The van der Waals surface area contributed by atoms with E-state index >= 15 is 0 Å². The number of pyridine rings is 1. The van der Waals surface area contributed by atoms with Crippen LogP contribution in [0.4, 0.5) is 0 Å². The van der Waals surface area contributed by atoms with Gasteiger partial charge in [-0.05, 0) is 43.0 Å². The maximum absolute atomic E-state index is 4.19. The summed E-state index contributed by atoms with van der Waals surface area (Å²) in [6.45, 7) is 3.33. The third-order valence-corrected chi connectivity index (χ3v) is 3.28. The maximum atomic E-state index is 4.19. The molecule has 0 aliphatic rings.